The molecule has 7 nitrogen and oxygen atoms in total. The first kappa shape index (κ1) is 17.8. The van der Waals surface area contributed by atoms with Gasteiger partial charge in [-0.2, -0.15) is 0 Å². The van der Waals surface area contributed by atoms with Crippen LogP contribution in [0.2, 0.25) is 0 Å². The second kappa shape index (κ2) is 8.32. The lowest BCUT2D eigenvalue weighted by Crippen LogP contribution is -2.28. The quantitative estimate of drug-likeness (QED) is 0.398. The molecule has 0 saturated carbocycles. The zero-order valence-corrected chi connectivity index (χ0v) is 14.1. The molecular formula is C16H20N4O3S. The molecule has 0 aliphatic heterocycles. The van der Waals surface area contributed by atoms with Gasteiger partial charge >= 0.3 is 0 Å². The zero-order chi connectivity index (χ0) is 17.4. The monoisotopic (exact) mass is 348 g/mol. The Morgan fingerprint density at radius 1 is 1.12 bits per heavy atom. The summed E-state index contributed by atoms with van der Waals surface area (Å²) in [4.78, 5) is 4.31. The molecule has 0 aliphatic rings. The van der Waals surface area contributed by atoms with Gasteiger partial charge in [-0.25, -0.2) is 13.1 Å². The summed E-state index contributed by atoms with van der Waals surface area (Å²) in [6.45, 7) is 0.353. The van der Waals surface area contributed by atoms with E-state index in [0.29, 0.717) is 11.4 Å². The third kappa shape index (κ3) is 4.97. The predicted octanol–water partition coefficient (Wildman–Crippen LogP) is 1.40. The van der Waals surface area contributed by atoms with Crippen LogP contribution in [0.3, 0.4) is 0 Å². The fourth-order valence-electron chi connectivity index (χ4n) is 1.96. The number of hydrogen-bond acceptors (Lipinski definition) is 4. The number of para-hydroxylation sites is 2. The van der Waals surface area contributed by atoms with E-state index in [1.54, 1.807) is 37.4 Å². The smallest absolute Gasteiger partial charge is 0.240 e. The van der Waals surface area contributed by atoms with Crippen molar-refractivity contribution in [1.29, 1.82) is 0 Å². The van der Waals surface area contributed by atoms with E-state index in [-0.39, 0.29) is 23.9 Å². The first-order chi connectivity index (χ1) is 11.5. The molecule has 0 spiro atoms. The number of nitrogens with zero attached hydrogens (tertiary/aromatic N) is 1. The number of anilines is 1. The van der Waals surface area contributed by atoms with Gasteiger partial charge in [0.15, 0.2) is 5.96 Å². The van der Waals surface area contributed by atoms with Crippen molar-refractivity contribution in [3.8, 4) is 5.75 Å². The van der Waals surface area contributed by atoms with Gasteiger partial charge in [-0.15, -0.1) is 0 Å². The number of sulfonamides is 1. The largest absolute Gasteiger partial charge is 0.495 e. The molecule has 0 aliphatic carbocycles. The van der Waals surface area contributed by atoms with E-state index in [4.69, 9.17) is 10.5 Å². The molecule has 0 unspecified atom stereocenters. The summed E-state index contributed by atoms with van der Waals surface area (Å²) in [5, 5.41) is 2.92. The molecule has 0 bridgehead atoms. The van der Waals surface area contributed by atoms with Crippen LogP contribution in [0.15, 0.2) is 64.5 Å². The van der Waals surface area contributed by atoms with Crippen molar-refractivity contribution in [2.24, 2.45) is 10.7 Å². The first-order valence-electron chi connectivity index (χ1n) is 7.27. The minimum Gasteiger partial charge on any atom is -0.495 e. The van der Waals surface area contributed by atoms with Crippen LogP contribution in [0, 0.1) is 0 Å². The molecule has 0 heterocycles. The molecule has 2 aromatic rings. The number of hydrogen-bond donors (Lipinski definition) is 3. The minimum absolute atomic E-state index is 0.144. The lowest BCUT2D eigenvalue weighted by molar-refractivity contribution is 0.417. The summed E-state index contributed by atoms with van der Waals surface area (Å²) in [7, 11) is -1.97. The van der Waals surface area contributed by atoms with Gasteiger partial charge in [0, 0.05) is 6.54 Å². The minimum atomic E-state index is -3.53. The number of methoxy groups -OCH3 is 1. The van der Waals surface area contributed by atoms with E-state index in [9.17, 15) is 8.42 Å². The van der Waals surface area contributed by atoms with Gasteiger partial charge in [-0.1, -0.05) is 30.3 Å². The number of benzene rings is 2. The van der Waals surface area contributed by atoms with Gasteiger partial charge < -0.3 is 15.8 Å². The van der Waals surface area contributed by atoms with E-state index in [1.807, 2.05) is 12.1 Å². The van der Waals surface area contributed by atoms with Gasteiger partial charge in [-0.05, 0) is 24.3 Å². The highest BCUT2D eigenvalue weighted by atomic mass is 32.2. The molecule has 0 saturated heterocycles. The topological polar surface area (TPSA) is 106 Å². The second-order valence-electron chi connectivity index (χ2n) is 4.80. The van der Waals surface area contributed by atoms with Crippen LogP contribution in [0.5, 0.6) is 5.75 Å². The zero-order valence-electron chi connectivity index (χ0n) is 13.3. The molecule has 0 amide bonds. The van der Waals surface area contributed by atoms with Gasteiger partial charge in [0.1, 0.15) is 5.75 Å². The number of rotatable bonds is 7. The first-order valence-corrected chi connectivity index (χ1v) is 8.76. The van der Waals surface area contributed by atoms with Crippen molar-refractivity contribution in [3.05, 3.63) is 54.6 Å². The molecule has 2 aromatic carbocycles. The number of aliphatic imine (C=N–C) groups is 1. The van der Waals surface area contributed by atoms with Gasteiger partial charge in [-0.3, -0.25) is 4.99 Å². The molecule has 8 heteroatoms. The highest BCUT2D eigenvalue weighted by molar-refractivity contribution is 7.89. The molecule has 0 radical (unpaired) electrons. The second-order valence-corrected chi connectivity index (χ2v) is 6.57. The summed E-state index contributed by atoms with van der Waals surface area (Å²) in [6, 6.07) is 15.4. The Kier molecular flexibility index (Phi) is 6.16. The third-order valence-electron chi connectivity index (χ3n) is 3.11. The Morgan fingerprint density at radius 2 is 1.79 bits per heavy atom. The fourth-order valence-corrected chi connectivity index (χ4v) is 3.01. The average molecular weight is 348 g/mol. The fraction of sp³-hybridized carbons (Fsp3) is 0.188. The van der Waals surface area contributed by atoms with Crippen molar-refractivity contribution in [1.82, 2.24) is 4.72 Å². The maximum absolute atomic E-state index is 12.0. The van der Waals surface area contributed by atoms with E-state index in [2.05, 4.69) is 15.0 Å². The summed E-state index contributed by atoms with van der Waals surface area (Å²) in [5.41, 5.74) is 6.48. The SMILES string of the molecule is COc1ccccc1NC(N)=NCCNS(=O)(=O)c1ccccc1. The Bertz CT molecular complexity index is 792. The molecule has 128 valence electrons. The number of nitrogens with one attached hydrogen (secondary N) is 2. The average Bonchev–Trinajstić information content (AvgIpc) is 2.60. The van der Waals surface area contributed by atoms with Crippen LogP contribution >= 0.6 is 0 Å². The predicted molar refractivity (Wildman–Crippen MR) is 94.7 cm³/mol. The van der Waals surface area contributed by atoms with Gasteiger partial charge in [0.2, 0.25) is 10.0 Å². The van der Waals surface area contributed by atoms with Crippen LogP contribution in [0.1, 0.15) is 0 Å². The van der Waals surface area contributed by atoms with Crippen LogP contribution < -0.4 is 20.5 Å². The van der Waals surface area contributed by atoms with Crippen molar-refractivity contribution >= 4 is 21.7 Å². The number of ether oxygens (including phenoxy) is 1. The molecule has 2 rings (SSSR count). The summed E-state index contributed by atoms with van der Waals surface area (Å²) in [5.74, 6) is 0.818. The molecule has 24 heavy (non-hydrogen) atoms. The number of nitrogens with two attached hydrogens (primary N) is 1. The molecular weight excluding hydrogens is 328 g/mol. The van der Waals surface area contributed by atoms with Crippen molar-refractivity contribution in [3.63, 3.8) is 0 Å². The lowest BCUT2D eigenvalue weighted by atomic mass is 10.3. The maximum Gasteiger partial charge on any atom is 0.240 e. The van der Waals surface area contributed by atoms with E-state index < -0.39 is 10.0 Å². The van der Waals surface area contributed by atoms with Crippen molar-refractivity contribution in [2.45, 2.75) is 4.90 Å². The Labute approximate surface area is 141 Å². The molecule has 4 N–H and O–H groups in total. The van der Waals surface area contributed by atoms with Crippen LogP contribution in [0.4, 0.5) is 5.69 Å². The van der Waals surface area contributed by atoms with Crippen LogP contribution in [-0.2, 0) is 10.0 Å². The molecule has 0 fully saturated rings. The van der Waals surface area contributed by atoms with Gasteiger partial charge in [0.25, 0.3) is 0 Å². The van der Waals surface area contributed by atoms with Gasteiger partial charge in [0.05, 0.1) is 24.2 Å². The van der Waals surface area contributed by atoms with E-state index in [0.717, 1.165) is 0 Å². The maximum atomic E-state index is 12.0. The Hall–Kier alpha value is -2.58. The molecule has 0 atom stereocenters. The summed E-state index contributed by atoms with van der Waals surface area (Å²) in [6.07, 6.45) is 0. The van der Waals surface area contributed by atoms with Crippen molar-refractivity contribution in [2.75, 3.05) is 25.5 Å². The third-order valence-corrected chi connectivity index (χ3v) is 4.59. The van der Waals surface area contributed by atoms with E-state index in [1.165, 1.54) is 12.1 Å². The van der Waals surface area contributed by atoms with E-state index >= 15 is 0 Å². The van der Waals surface area contributed by atoms with Crippen LogP contribution in [0.25, 0.3) is 0 Å². The standard InChI is InChI=1S/C16H20N4O3S/c1-23-15-10-6-5-9-14(15)20-16(17)18-11-12-19-24(21,22)13-7-3-2-4-8-13/h2-10,19H,11-12H2,1H3,(H3,17,18,20). The Morgan fingerprint density at radius 3 is 2.50 bits per heavy atom. The normalized spacial score (nSPS) is 12.0. The Balaban J connectivity index is 1.87. The lowest BCUT2D eigenvalue weighted by Gasteiger charge is -2.10. The summed E-state index contributed by atoms with van der Waals surface area (Å²) < 4.78 is 31.7. The summed E-state index contributed by atoms with van der Waals surface area (Å²) >= 11 is 0. The van der Waals surface area contributed by atoms with Crippen molar-refractivity contribution < 1.29 is 13.2 Å². The highest BCUT2D eigenvalue weighted by Crippen LogP contribution is 2.22. The number of guanidine groups is 1. The molecule has 0 aromatic heterocycles. The highest BCUT2D eigenvalue weighted by Gasteiger charge is 2.11. The van der Waals surface area contributed by atoms with Crippen LogP contribution in [-0.4, -0.2) is 34.6 Å².